The number of nitrogens with zero attached hydrogens (tertiary/aromatic N) is 1. The zero-order valence-corrected chi connectivity index (χ0v) is 13.3. The van der Waals surface area contributed by atoms with Gasteiger partial charge in [0, 0.05) is 0 Å². The number of hydrogen-bond acceptors (Lipinski definition) is 7. The summed E-state index contributed by atoms with van der Waals surface area (Å²) < 4.78 is 0. The number of nitrogens with two attached hydrogens (primary N) is 1. The maximum Gasteiger partial charge on any atom is 0.432 e. The predicted molar refractivity (Wildman–Crippen MR) is 81.0 cm³/mol. The number of carbonyl (C=O) groups excluding carboxylic acids is 1. The molecular weight excluding hydrogens is 295 g/mol. The highest BCUT2D eigenvalue weighted by molar-refractivity contribution is 6.13. The van der Waals surface area contributed by atoms with Crippen molar-refractivity contribution in [2.45, 2.75) is 46.2 Å². The molecule has 0 amide bonds. The van der Waals surface area contributed by atoms with E-state index in [1.807, 2.05) is 13.8 Å². The zero-order chi connectivity index (χ0) is 18.3. The Kier molecular flexibility index (Phi) is 17.9. The van der Waals surface area contributed by atoms with Crippen molar-refractivity contribution >= 4 is 25.7 Å². The second kappa shape index (κ2) is 15.6. The van der Waals surface area contributed by atoms with Crippen LogP contribution in [0.1, 0.15) is 34.1 Å². The van der Waals surface area contributed by atoms with Crippen LogP contribution in [-0.4, -0.2) is 58.0 Å². The minimum Gasteiger partial charge on any atom is -0.480 e. The van der Waals surface area contributed by atoms with Gasteiger partial charge in [0.2, 0.25) is 6.08 Å². The molecule has 0 aliphatic heterocycles. The summed E-state index contributed by atoms with van der Waals surface area (Å²) in [6.45, 7) is 7.25. The Hall–Kier alpha value is -1.74. The molecule has 0 aromatic heterocycles. The van der Waals surface area contributed by atoms with E-state index in [9.17, 15) is 14.4 Å². The van der Waals surface area contributed by atoms with Crippen LogP contribution in [0.25, 0.3) is 0 Å². The fraction of sp³-hybridized carbons (Fsp3) is 0.750. The Balaban J connectivity index is -0.000000279. The van der Waals surface area contributed by atoms with Crippen molar-refractivity contribution in [1.29, 1.82) is 0 Å². The lowest BCUT2D eigenvalue weighted by Gasteiger charge is -2.07. The van der Waals surface area contributed by atoms with Gasteiger partial charge in [-0.1, -0.05) is 27.7 Å². The monoisotopic (exact) mass is 320 g/mol. The molecule has 9 nitrogen and oxygen atoms in total. The zero-order valence-electron chi connectivity index (χ0n) is 13.3. The Morgan fingerprint density at radius 1 is 1.14 bits per heavy atom. The molecule has 0 rings (SSSR count). The van der Waals surface area contributed by atoms with Gasteiger partial charge in [-0.3, -0.25) is 4.79 Å². The number of aliphatic carboxylic acids is 2. The molecule has 6 N–H and O–H groups in total. The molecule has 22 heavy (non-hydrogen) atoms. The van der Waals surface area contributed by atoms with Crippen LogP contribution in [0.5, 0.6) is 0 Å². The highest BCUT2D eigenvalue weighted by Gasteiger charge is 2.19. The number of carboxylic acids is 2. The molecule has 0 aliphatic carbocycles. The normalized spacial score (nSPS) is 11.9. The predicted octanol–water partition coefficient (Wildman–Crippen LogP) is -0.887. The first kappa shape index (κ1) is 25.2. The fourth-order valence-electron chi connectivity index (χ4n) is 1.15. The molecule has 0 fully saturated rings. The largest absolute Gasteiger partial charge is 0.480 e. The minimum atomic E-state index is -1.08. The van der Waals surface area contributed by atoms with E-state index in [1.165, 1.54) is 6.08 Å². The topological polar surface area (TPSA) is 171 Å². The van der Waals surface area contributed by atoms with Gasteiger partial charge in [0.15, 0.2) is 6.04 Å². The van der Waals surface area contributed by atoms with E-state index >= 15 is 0 Å². The molecule has 0 aliphatic rings. The van der Waals surface area contributed by atoms with Crippen LogP contribution in [-0.2, 0) is 14.4 Å². The molecule has 0 aromatic carbocycles. The molecule has 0 bridgehead atoms. The molecule has 128 valence electrons. The van der Waals surface area contributed by atoms with Gasteiger partial charge in [-0.25, -0.2) is 9.59 Å². The van der Waals surface area contributed by atoms with Gasteiger partial charge in [-0.15, -0.1) is 0 Å². The first-order valence-electron chi connectivity index (χ1n) is 6.54. The molecule has 0 saturated heterocycles. The summed E-state index contributed by atoms with van der Waals surface area (Å²) in [5, 5.41) is 31.0. The van der Waals surface area contributed by atoms with E-state index < -0.39 is 31.7 Å². The van der Waals surface area contributed by atoms with E-state index in [1.54, 1.807) is 13.8 Å². The third kappa shape index (κ3) is 18.3. The summed E-state index contributed by atoms with van der Waals surface area (Å²) >= 11 is 0. The van der Waals surface area contributed by atoms with Crippen LogP contribution in [0.15, 0.2) is 4.99 Å². The van der Waals surface area contributed by atoms with Gasteiger partial charge in [0.1, 0.15) is 6.04 Å². The van der Waals surface area contributed by atoms with Crippen LogP contribution in [0.4, 0.5) is 0 Å². The van der Waals surface area contributed by atoms with Crippen molar-refractivity contribution in [2.75, 3.05) is 0 Å². The van der Waals surface area contributed by atoms with E-state index in [4.69, 9.17) is 26.0 Å². The Morgan fingerprint density at radius 3 is 1.64 bits per heavy atom. The maximum atomic E-state index is 10.3. The van der Waals surface area contributed by atoms with Crippen LogP contribution in [0, 0.1) is 11.8 Å². The average Bonchev–Trinajstić information content (AvgIpc) is 2.35. The van der Waals surface area contributed by atoms with Crippen LogP contribution >= 0.6 is 0 Å². The van der Waals surface area contributed by atoms with Crippen LogP contribution < -0.4 is 5.73 Å². The first-order valence-corrected chi connectivity index (χ1v) is 6.54. The summed E-state index contributed by atoms with van der Waals surface area (Å²) in [6, 6.07) is -1.64. The lowest BCUT2D eigenvalue weighted by molar-refractivity contribution is -0.140. The van der Waals surface area contributed by atoms with Crippen molar-refractivity contribution in [2.24, 2.45) is 22.6 Å². The quantitative estimate of drug-likeness (QED) is 0.238. The average molecular weight is 320 g/mol. The van der Waals surface area contributed by atoms with Gasteiger partial charge >= 0.3 is 19.6 Å². The van der Waals surface area contributed by atoms with Crippen LogP contribution in [0.3, 0.4) is 0 Å². The fourth-order valence-corrected chi connectivity index (χ4v) is 1.15. The smallest absolute Gasteiger partial charge is 0.432 e. The highest BCUT2D eigenvalue weighted by atomic mass is 16.4. The molecular formula is C12H25BN2O7. The second-order valence-corrected chi connectivity index (χ2v) is 4.96. The number of carbonyl (C=O) groups is 2. The number of hydrogen-bond donors (Lipinski definition) is 5. The highest BCUT2D eigenvalue weighted by Crippen LogP contribution is 2.04. The van der Waals surface area contributed by atoms with E-state index in [0.29, 0.717) is 12.3 Å². The van der Waals surface area contributed by atoms with Crippen molar-refractivity contribution in [3.8, 4) is 0 Å². The SMILES string of the molecule is CC(C)C[C@H](N)C(=O)O.CC(C)[C@@H](N=C=O)C(=O)O.OBO. The van der Waals surface area contributed by atoms with Crippen molar-refractivity contribution in [1.82, 2.24) is 0 Å². The Bertz CT molecular complexity index is 355. The lowest BCUT2D eigenvalue weighted by Crippen LogP contribution is -2.31. The number of aliphatic imine (C=N–C) groups is 1. The minimum absolute atomic E-state index is 0.168. The molecule has 0 heterocycles. The standard InChI is InChI=1S/C6H9NO3.C6H13NO2.BH3O2/c1-4(2)5(6(9)10)7-3-8;1-4(2)3-5(7)6(8)9;2-1-3/h4-5H,1-2H3,(H,9,10);4-5H,3,7H2,1-2H3,(H,8,9);1-3H/t2*5-;/m10./s1. The second-order valence-electron chi connectivity index (χ2n) is 4.96. The third-order valence-corrected chi connectivity index (χ3v) is 2.12. The summed E-state index contributed by atoms with van der Waals surface area (Å²) in [5.41, 5.74) is 5.22. The molecule has 0 saturated carbocycles. The summed E-state index contributed by atoms with van der Waals surface area (Å²) in [4.78, 5) is 33.2. The van der Waals surface area contributed by atoms with Crippen molar-refractivity contribution in [3.05, 3.63) is 0 Å². The molecule has 2 atom stereocenters. The van der Waals surface area contributed by atoms with E-state index in [-0.39, 0.29) is 5.92 Å². The number of carboxylic acid groups (broad SMARTS) is 2. The van der Waals surface area contributed by atoms with Gasteiger partial charge in [-0.2, -0.15) is 4.99 Å². The Morgan fingerprint density at radius 2 is 1.55 bits per heavy atom. The summed E-state index contributed by atoms with van der Waals surface area (Å²) in [7, 11) is -0.750. The molecule has 10 heteroatoms. The summed E-state index contributed by atoms with van der Waals surface area (Å²) in [5.74, 6) is -1.81. The van der Waals surface area contributed by atoms with Crippen molar-refractivity contribution in [3.63, 3.8) is 0 Å². The van der Waals surface area contributed by atoms with E-state index in [2.05, 4.69) is 4.99 Å². The molecule has 0 unspecified atom stereocenters. The molecule has 0 radical (unpaired) electrons. The molecule has 0 aromatic rings. The lowest BCUT2D eigenvalue weighted by atomic mass is 10.1. The first-order chi connectivity index (χ1) is 10.0. The molecule has 0 spiro atoms. The van der Waals surface area contributed by atoms with Crippen molar-refractivity contribution < 1.29 is 34.6 Å². The van der Waals surface area contributed by atoms with Gasteiger partial charge in [0.25, 0.3) is 0 Å². The number of isocyanates is 1. The van der Waals surface area contributed by atoms with E-state index in [0.717, 1.165) is 0 Å². The maximum absolute atomic E-state index is 10.3. The number of rotatable bonds is 6. The van der Waals surface area contributed by atoms with Gasteiger partial charge in [0.05, 0.1) is 0 Å². The third-order valence-electron chi connectivity index (χ3n) is 2.12. The van der Waals surface area contributed by atoms with Crippen LogP contribution in [0.2, 0.25) is 0 Å². The summed E-state index contributed by atoms with van der Waals surface area (Å²) in [6.07, 6.45) is 1.78. The van der Waals surface area contributed by atoms with Gasteiger partial charge in [-0.05, 0) is 18.3 Å². The Labute approximate surface area is 130 Å². The van der Waals surface area contributed by atoms with Gasteiger partial charge < -0.3 is 26.0 Å².